The number of nitrogens with zero attached hydrogens (tertiary/aromatic N) is 6. The van der Waals surface area contributed by atoms with Crippen molar-refractivity contribution < 1.29 is 4.79 Å². The fourth-order valence-electron chi connectivity index (χ4n) is 3.70. The fraction of sp³-hybridized carbons (Fsp3) is 0.389. The largest absolute Gasteiger partial charge is 0.349 e. The fourth-order valence-corrected chi connectivity index (χ4v) is 4.14. The van der Waals surface area contributed by atoms with E-state index in [1.807, 2.05) is 17.8 Å². The molecule has 1 fully saturated rings. The highest BCUT2D eigenvalue weighted by Crippen LogP contribution is 2.37. The second-order valence-electron chi connectivity index (χ2n) is 6.66. The number of hydrogen-bond acceptors (Lipinski definition) is 7. The number of anilines is 2. The number of carbonyl (C=O) groups excluding carboxylic acids is 1. The first kappa shape index (κ1) is 17.6. The van der Waals surface area contributed by atoms with Crippen molar-refractivity contribution in [2.24, 2.45) is 7.05 Å². The summed E-state index contributed by atoms with van der Waals surface area (Å²) >= 11 is 1.28. The third-order valence-corrected chi connectivity index (χ3v) is 5.64. The standard InChI is InChI=1S/C18H21N7OS/c1-11-16(12(2)24(3)23-11)14-5-4-8-25(14)15-7-6-13(9-19-15)17(26)21-18-22-20-10-27-18/h6-7,9-10,14H,4-5,8H2,1-3H3,(H,21,22,26). The smallest absolute Gasteiger partial charge is 0.259 e. The molecule has 9 heteroatoms. The molecule has 1 amide bonds. The molecule has 0 aromatic carbocycles. The van der Waals surface area contributed by atoms with Crippen LogP contribution in [0.2, 0.25) is 0 Å². The zero-order chi connectivity index (χ0) is 19.0. The van der Waals surface area contributed by atoms with Crippen LogP contribution in [0.3, 0.4) is 0 Å². The SMILES string of the molecule is Cc1nn(C)c(C)c1C1CCCN1c1ccc(C(=O)Nc2nncs2)cn1. The number of carbonyl (C=O) groups is 1. The summed E-state index contributed by atoms with van der Waals surface area (Å²) < 4.78 is 1.94. The highest BCUT2D eigenvalue weighted by molar-refractivity contribution is 7.13. The maximum atomic E-state index is 12.3. The van der Waals surface area contributed by atoms with Crippen LogP contribution in [0.25, 0.3) is 0 Å². The van der Waals surface area contributed by atoms with Crippen molar-refractivity contribution in [1.82, 2.24) is 25.0 Å². The van der Waals surface area contributed by atoms with Crippen molar-refractivity contribution in [3.63, 3.8) is 0 Å². The third-order valence-electron chi connectivity index (χ3n) is 5.04. The van der Waals surface area contributed by atoms with E-state index in [1.165, 1.54) is 22.6 Å². The number of hydrogen-bond donors (Lipinski definition) is 1. The van der Waals surface area contributed by atoms with Crippen LogP contribution in [0.4, 0.5) is 10.9 Å². The predicted molar refractivity (Wildman–Crippen MR) is 104 cm³/mol. The number of nitrogens with one attached hydrogen (secondary N) is 1. The monoisotopic (exact) mass is 383 g/mol. The lowest BCUT2D eigenvalue weighted by molar-refractivity contribution is 0.102. The Morgan fingerprint density at radius 1 is 1.33 bits per heavy atom. The molecular weight excluding hydrogens is 362 g/mol. The molecule has 0 saturated carbocycles. The highest BCUT2D eigenvalue weighted by atomic mass is 32.1. The van der Waals surface area contributed by atoms with Gasteiger partial charge in [-0.05, 0) is 38.8 Å². The summed E-state index contributed by atoms with van der Waals surface area (Å²) in [4.78, 5) is 19.2. The minimum atomic E-state index is -0.234. The van der Waals surface area contributed by atoms with Gasteiger partial charge in [-0.2, -0.15) is 5.10 Å². The van der Waals surface area contributed by atoms with E-state index in [0.717, 1.165) is 30.9 Å². The van der Waals surface area contributed by atoms with Gasteiger partial charge in [0, 0.05) is 31.0 Å². The zero-order valence-electron chi connectivity index (χ0n) is 15.5. The van der Waals surface area contributed by atoms with Crippen LogP contribution in [-0.4, -0.2) is 37.4 Å². The van der Waals surface area contributed by atoms with Gasteiger partial charge in [0.05, 0.1) is 17.3 Å². The molecule has 8 nitrogen and oxygen atoms in total. The summed E-state index contributed by atoms with van der Waals surface area (Å²) in [5.41, 5.74) is 5.62. The number of rotatable bonds is 4. The van der Waals surface area contributed by atoms with Gasteiger partial charge in [0.15, 0.2) is 0 Å². The number of aromatic nitrogens is 5. The predicted octanol–water partition coefficient (Wildman–Crippen LogP) is 2.88. The van der Waals surface area contributed by atoms with Crippen LogP contribution in [0.1, 0.15) is 46.2 Å². The average Bonchev–Trinajstić information content (AvgIpc) is 3.38. The number of pyridine rings is 1. The Balaban J connectivity index is 1.55. The minimum Gasteiger partial charge on any atom is -0.349 e. The molecule has 0 radical (unpaired) electrons. The number of aryl methyl sites for hydroxylation is 2. The maximum absolute atomic E-state index is 12.3. The summed E-state index contributed by atoms with van der Waals surface area (Å²) in [6.45, 7) is 5.12. The first-order valence-corrected chi connectivity index (χ1v) is 9.73. The van der Waals surface area contributed by atoms with Crippen LogP contribution < -0.4 is 10.2 Å². The molecule has 1 aliphatic heterocycles. The van der Waals surface area contributed by atoms with Gasteiger partial charge in [0.1, 0.15) is 11.3 Å². The van der Waals surface area contributed by atoms with Gasteiger partial charge >= 0.3 is 0 Å². The van der Waals surface area contributed by atoms with E-state index < -0.39 is 0 Å². The van der Waals surface area contributed by atoms with E-state index in [2.05, 4.69) is 44.3 Å². The third kappa shape index (κ3) is 3.30. The van der Waals surface area contributed by atoms with E-state index in [-0.39, 0.29) is 11.9 Å². The van der Waals surface area contributed by atoms with Crippen molar-refractivity contribution in [3.05, 3.63) is 46.4 Å². The van der Waals surface area contributed by atoms with Gasteiger partial charge in [0.25, 0.3) is 5.91 Å². The summed E-state index contributed by atoms with van der Waals surface area (Å²) in [7, 11) is 1.98. The quantitative estimate of drug-likeness (QED) is 0.745. The molecule has 1 aliphatic rings. The first-order valence-electron chi connectivity index (χ1n) is 8.85. The molecule has 4 rings (SSSR count). The summed E-state index contributed by atoms with van der Waals surface area (Å²) in [6.07, 6.45) is 3.80. The second kappa shape index (κ2) is 7.07. The van der Waals surface area contributed by atoms with E-state index in [9.17, 15) is 4.79 Å². The Morgan fingerprint density at radius 3 is 2.81 bits per heavy atom. The van der Waals surface area contributed by atoms with Gasteiger partial charge in [-0.25, -0.2) is 4.98 Å². The van der Waals surface area contributed by atoms with E-state index in [1.54, 1.807) is 17.8 Å². The lowest BCUT2D eigenvalue weighted by Crippen LogP contribution is -2.24. The van der Waals surface area contributed by atoms with E-state index in [0.29, 0.717) is 10.7 Å². The van der Waals surface area contributed by atoms with Gasteiger partial charge in [-0.15, -0.1) is 10.2 Å². The van der Waals surface area contributed by atoms with Crippen LogP contribution >= 0.6 is 11.3 Å². The molecule has 3 aromatic rings. The van der Waals surface area contributed by atoms with Crippen LogP contribution in [-0.2, 0) is 7.05 Å². The molecular formula is C18H21N7OS. The summed E-state index contributed by atoms with van der Waals surface area (Å²) in [5, 5.41) is 15.3. The molecule has 4 heterocycles. The maximum Gasteiger partial charge on any atom is 0.259 e. The molecule has 3 aromatic heterocycles. The molecule has 0 aliphatic carbocycles. The Labute approximate surface area is 161 Å². The van der Waals surface area contributed by atoms with Gasteiger partial charge in [-0.1, -0.05) is 11.3 Å². The number of amides is 1. The molecule has 27 heavy (non-hydrogen) atoms. The second-order valence-corrected chi connectivity index (χ2v) is 7.50. The lowest BCUT2D eigenvalue weighted by Gasteiger charge is -2.26. The van der Waals surface area contributed by atoms with Crippen LogP contribution in [0.5, 0.6) is 0 Å². The van der Waals surface area contributed by atoms with Crippen molar-refractivity contribution in [3.8, 4) is 0 Å². The Morgan fingerprint density at radius 2 is 2.19 bits per heavy atom. The normalized spacial score (nSPS) is 16.7. The van der Waals surface area contributed by atoms with Crippen molar-refractivity contribution in [2.45, 2.75) is 32.7 Å². The van der Waals surface area contributed by atoms with Gasteiger partial charge in [-0.3, -0.25) is 14.8 Å². The first-order chi connectivity index (χ1) is 13.0. The molecule has 0 spiro atoms. The zero-order valence-corrected chi connectivity index (χ0v) is 16.3. The van der Waals surface area contributed by atoms with Crippen molar-refractivity contribution >= 4 is 28.2 Å². The van der Waals surface area contributed by atoms with Gasteiger partial charge < -0.3 is 4.90 Å². The minimum absolute atomic E-state index is 0.234. The Kier molecular flexibility index (Phi) is 4.61. The van der Waals surface area contributed by atoms with E-state index >= 15 is 0 Å². The van der Waals surface area contributed by atoms with Crippen molar-refractivity contribution in [1.29, 1.82) is 0 Å². The Bertz CT molecular complexity index is 949. The average molecular weight is 383 g/mol. The topological polar surface area (TPSA) is 88.8 Å². The van der Waals surface area contributed by atoms with Gasteiger partial charge in [0.2, 0.25) is 5.13 Å². The Hall–Kier alpha value is -2.81. The molecule has 1 N–H and O–H groups in total. The molecule has 1 unspecified atom stereocenters. The van der Waals surface area contributed by atoms with Crippen LogP contribution in [0, 0.1) is 13.8 Å². The van der Waals surface area contributed by atoms with Crippen LogP contribution in [0.15, 0.2) is 23.8 Å². The lowest BCUT2D eigenvalue weighted by atomic mass is 10.0. The van der Waals surface area contributed by atoms with E-state index in [4.69, 9.17) is 0 Å². The molecule has 1 atom stereocenters. The molecule has 140 valence electrons. The summed E-state index contributed by atoms with van der Waals surface area (Å²) in [6, 6.07) is 3.98. The molecule has 1 saturated heterocycles. The summed E-state index contributed by atoms with van der Waals surface area (Å²) in [5.74, 6) is 0.648. The highest BCUT2D eigenvalue weighted by Gasteiger charge is 2.31. The van der Waals surface area contributed by atoms with Crippen molar-refractivity contribution in [2.75, 3.05) is 16.8 Å². The molecule has 0 bridgehead atoms.